The van der Waals surface area contributed by atoms with Gasteiger partial charge in [-0.25, -0.2) is 4.68 Å². The summed E-state index contributed by atoms with van der Waals surface area (Å²) in [6.07, 6.45) is 0. The normalized spacial score (nSPS) is 13.7. The molecule has 0 spiro atoms. The van der Waals surface area contributed by atoms with Crippen LogP contribution >= 0.6 is 0 Å². The lowest BCUT2D eigenvalue weighted by atomic mass is 10.3. The summed E-state index contributed by atoms with van der Waals surface area (Å²) >= 11 is 0. The number of hydrogen-bond acceptors (Lipinski definition) is 3. The van der Waals surface area contributed by atoms with Gasteiger partial charge in [0.25, 0.3) is 5.56 Å². The van der Waals surface area contributed by atoms with E-state index in [0.29, 0.717) is 13.2 Å². The Morgan fingerprint density at radius 3 is 2.71 bits per heavy atom. The van der Waals surface area contributed by atoms with E-state index in [-0.39, 0.29) is 5.56 Å². The average molecular weight is 232 g/mol. The lowest BCUT2D eigenvalue weighted by molar-refractivity contribution is 0.130. The minimum Gasteiger partial charge on any atom is -0.497 e. The molecule has 2 aromatic rings. The zero-order valence-corrected chi connectivity index (χ0v) is 9.40. The zero-order valence-electron chi connectivity index (χ0n) is 9.40. The van der Waals surface area contributed by atoms with E-state index in [4.69, 9.17) is 9.47 Å². The molecular formula is C12H12N2O3. The van der Waals surface area contributed by atoms with Gasteiger partial charge in [0.05, 0.1) is 37.3 Å². The maximum absolute atomic E-state index is 12.0. The number of rotatable bonds is 2. The van der Waals surface area contributed by atoms with Crippen molar-refractivity contribution in [1.29, 1.82) is 0 Å². The van der Waals surface area contributed by atoms with Crippen molar-refractivity contribution in [2.24, 2.45) is 0 Å². The highest BCUT2D eigenvalue weighted by molar-refractivity contribution is 5.38. The van der Waals surface area contributed by atoms with Gasteiger partial charge in [-0.05, 0) is 24.3 Å². The Morgan fingerprint density at radius 1 is 1.29 bits per heavy atom. The van der Waals surface area contributed by atoms with Crippen molar-refractivity contribution in [3.8, 4) is 11.4 Å². The Kier molecular flexibility index (Phi) is 2.26. The number of aromatic amines is 1. The van der Waals surface area contributed by atoms with Gasteiger partial charge in [-0.1, -0.05) is 0 Å². The first-order chi connectivity index (χ1) is 8.29. The summed E-state index contributed by atoms with van der Waals surface area (Å²) in [6.45, 7) is 0.877. The fraction of sp³-hybridized carbons (Fsp3) is 0.250. The van der Waals surface area contributed by atoms with Crippen molar-refractivity contribution in [2.45, 2.75) is 13.2 Å². The molecule has 3 rings (SSSR count). The smallest absolute Gasteiger partial charge is 0.277 e. The van der Waals surface area contributed by atoms with Gasteiger partial charge in [0, 0.05) is 0 Å². The standard InChI is InChI=1S/C12H12N2O3/c1-16-9-4-2-8(3-5-9)14-12(15)10-6-17-7-11(10)13-14/h2-5,13H,6-7H2,1H3. The number of aromatic nitrogens is 2. The highest BCUT2D eigenvalue weighted by atomic mass is 16.5. The van der Waals surface area contributed by atoms with Crippen LogP contribution in [-0.4, -0.2) is 16.9 Å². The Bertz CT molecular complexity index is 595. The average Bonchev–Trinajstić information content (AvgIpc) is 2.93. The second-order valence-corrected chi connectivity index (χ2v) is 3.90. The van der Waals surface area contributed by atoms with Gasteiger partial charge in [0.15, 0.2) is 0 Å². The SMILES string of the molecule is COc1ccc(-n2[nH]c3c(c2=O)COC3)cc1. The molecular weight excluding hydrogens is 220 g/mol. The summed E-state index contributed by atoms with van der Waals surface area (Å²) in [5, 5.41) is 3.05. The van der Waals surface area contributed by atoms with Crippen molar-refractivity contribution in [3.63, 3.8) is 0 Å². The molecule has 0 fully saturated rings. The van der Waals surface area contributed by atoms with Gasteiger partial charge in [-0.3, -0.25) is 9.89 Å². The number of hydrogen-bond donors (Lipinski definition) is 1. The number of H-pyrrole nitrogens is 1. The van der Waals surface area contributed by atoms with Crippen LogP contribution in [0, 0.1) is 0 Å². The molecule has 88 valence electrons. The second-order valence-electron chi connectivity index (χ2n) is 3.90. The number of nitrogens with zero attached hydrogens (tertiary/aromatic N) is 1. The monoisotopic (exact) mass is 232 g/mol. The van der Waals surface area contributed by atoms with E-state index in [0.717, 1.165) is 22.7 Å². The maximum atomic E-state index is 12.0. The molecule has 2 heterocycles. The second kappa shape index (κ2) is 3.78. The molecule has 1 aromatic heterocycles. The van der Waals surface area contributed by atoms with Gasteiger partial charge in [0.2, 0.25) is 0 Å². The van der Waals surface area contributed by atoms with Gasteiger partial charge in [-0.2, -0.15) is 0 Å². The summed E-state index contributed by atoms with van der Waals surface area (Å²) in [4.78, 5) is 12.0. The van der Waals surface area contributed by atoms with Gasteiger partial charge in [0.1, 0.15) is 5.75 Å². The Labute approximate surface area is 97.6 Å². The third kappa shape index (κ3) is 1.55. The highest BCUT2D eigenvalue weighted by Crippen LogP contribution is 2.17. The predicted octanol–water partition coefficient (Wildman–Crippen LogP) is 1.20. The van der Waals surface area contributed by atoms with Crippen LogP contribution in [0.25, 0.3) is 5.69 Å². The molecule has 5 heteroatoms. The van der Waals surface area contributed by atoms with Crippen molar-refractivity contribution >= 4 is 0 Å². The molecule has 17 heavy (non-hydrogen) atoms. The van der Waals surface area contributed by atoms with Crippen molar-refractivity contribution in [1.82, 2.24) is 9.78 Å². The van der Waals surface area contributed by atoms with E-state index in [1.165, 1.54) is 4.68 Å². The molecule has 0 atom stereocenters. The van der Waals surface area contributed by atoms with Gasteiger partial charge in [-0.15, -0.1) is 0 Å². The molecule has 0 radical (unpaired) electrons. The van der Waals surface area contributed by atoms with Crippen LogP contribution in [-0.2, 0) is 18.0 Å². The Morgan fingerprint density at radius 2 is 2.06 bits per heavy atom. The highest BCUT2D eigenvalue weighted by Gasteiger charge is 2.20. The summed E-state index contributed by atoms with van der Waals surface area (Å²) in [6, 6.07) is 7.33. The van der Waals surface area contributed by atoms with E-state index < -0.39 is 0 Å². The summed E-state index contributed by atoms with van der Waals surface area (Å²) in [7, 11) is 1.61. The Balaban J connectivity index is 2.06. The number of ether oxygens (including phenoxy) is 2. The largest absolute Gasteiger partial charge is 0.497 e. The molecule has 0 amide bonds. The fourth-order valence-corrected chi connectivity index (χ4v) is 1.95. The summed E-state index contributed by atoms with van der Waals surface area (Å²) in [5.74, 6) is 0.768. The molecule has 1 aliphatic rings. The van der Waals surface area contributed by atoms with Crippen molar-refractivity contribution < 1.29 is 9.47 Å². The molecule has 0 unspecified atom stereocenters. The topological polar surface area (TPSA) is 56.2 Å². The van der Waals surface area contributed by atoms with Crippen LogP contribution in [0.15, 0.2) is 29.1 Å². The number of benzene rings is 1. The summed E-state index contributed by atoms with van der Waals surface area (Å²) in [5.41, 5.74) is 2.35. The minimum absolute atomic E-state index is 0.0392. The first-order valence-electron chi connectivity index (χ1n) is 5.34. The predicted molar refractivity (Wildman–Crippen MR) is 61.4 cm³/mol. The van der Waals surface area contributed by atoms with Crippen LogP contribution in [0.1, 0.15) is 11.3 Å². The molecule has 1 aliphatic heterocycles. The van der Waals surface area contributed by atoms with Crippen LogP contribution in [0.5, 0.6) is 5.75 Å². The van der Waals surface area contributed by atoms with Crippen molar-refractivity contribution in [3.05, 3.63) is 45.9 Å². The zero-order chi connectivity index (χ0) is 11.8. The van der Waals surface area contributed by atoms with E-state index >= 15 is 0 Å². The summed E-state index contributed by atoms with van der Waals surface area (Å²) < 4.78 is 11.8. The first kappa shape index (κ1) is 10.2. The third-order valence-corrected chi connectivity index (χ3v) is 2.90. The maximum Gasteiger partial charge on any atom is 0.277 e. The molecule has 0 saturated carbocycles. The van der Waals surface area contributed by atoms with Crippen LogP contribution in [0.2, 0.25) is 0 Å². The van der Waals surface area contributed by atoms with E-state index in [9.17, 15) is 4.79 Å². The number of fused-ring (bicyclic) bond motifs is 1. The third-order valence-electron chi connectivity index (χ3n) is 2.90. The first-order valence-corrected chi connectivity index (χ1v) is 5.34. The molecule has 1 aromatic carbocycles. The molecule has 1 N–H and O–H groups in total. The lowest BCUT2D eigenvalue weighted by Crippen LogP contribution is -2.17. The van der Waals surface area contributed by atoms with Crippen LogP contribution in [0.4, 0.5) is 0 Å². The van der Waals surface area contributed by atoms with E-state index in [1.54, 1.807) is 7.11 Å². The molecule has 0 saturated heterocycles. The molecule has 0 aliphatic carbocycles. The Hall–Kier alpha value is -2.01. The van der Waals surface area contributed by atoms with E-state index in [1.807, 2.05) is 24.3 Å². The number of nitrogens with one attached hydrogen (secondary N) is 1. The van der Waals surface area contributed by atoms with Crippen LogP contribution in [0.3, 0.4) is 0 Å². The lowest BCUT2D eigenvalue weighted by Gasteiger charge is -2.04. The fourth-order valence-electron chi connectivity index (χ4n) is 1.95. The van der Waals surface area contributed by atoms with Gasteiger partial charge < -0.3 is 9.47 Å². The van der Waals surface area contributed by atoms with Crippen LogP contribution < -0.4 is 10.3 Å². The van der Waals surface area contributed by atoms with Crippen molar-refractivity contribution in [2.75, 3.05) is 7.11 Å². The van der Waals surface area contributed by atoms with Gasteiger partial charge >= 0.3 is 0 Å². The van der Waals surface area contributed by atoms with E-state index in [2.05, 4.69) is 5.10 Å². The molecule has 5 nitrogen and oxygen atoms in total. The quantitative estimate of drug-likeness (QED) is 0.846. The molecule has 0 bridgehead atoms. The number of methoxy groups -OCH3 is 1. The minimum atomic E-state index is -0.0392.